The van der Waals surface area contributed by atoms with Gasteiger partial charge in [0.05, 0.1) is 26.0 Å². The number of rotatable bonds is 4. The van der Waals surface area contributed by atoms with Crippen LogP contribution in [0, 0.1) is 6.92 Å². The van der Waals surface area contributed by atoms with Crippen LogP contribution in [0.3, 0.4) is 0 Å². The van der Waals surface area contributed by atoms with Crippen LogP contribution >= 0.6 is 11.3 Å². The number of hydrogen-bond acceptors (Lipinski definition) is 6. The van der Waals surface area contributed by atoms with E-state index in [4.69, 9.17) is 0 Å². The number of carbonyl (C=O) groups excluding carboxylic acids is 1. The van der Waals surface area contributed by atoms with Crippen LogP contribution in [0.5, 0.6) is 0 Å². The number of aromatic nitrogens is 2. The topological polar surface area (TPSA) is 64.1 Å². The van der Waals surface area contributed by atoms with Gasteiger partial charge in [0.15, 0.2) is 5.69 Å². The molecule has 0 aliphatic carbocycles. The minimum absolute atomic E-state index is 0.204. The van der Waals surface area contributed by atoms with Gasteiger partial charge in [-0.25, -0.2) is 14.8 Å². The number of anilines is 1. The van der Waals surface area contributed by atoms with E-state index in [1.165, 1.54) is 29.3 Å². The number of ether oxygens (including phenoxy) is 1. The molecule has 0 radical (unpaired) electrons. The molecule has 0 unspecified atom stereocenters. The fourth-order valence-corrected chi connectivity index (χ4v) is 2.22. The molecule has 2 aromatic rings. The quantitative estimate of drug-likeness (QED) is 0.857. The van der Waals surface area contributed by atoms with Crippen molar-refractivity contribution < 1.29 is 9.53 Å². The summed E-state index contributed by atoms with van der Waals surface area (Å²) in [6.45, 7) is 2.77. The molecular weight excluding hydrogens is 250 g/mol. The molecule has 0 aliphatic rings. The first-order valence-corrected chi connectivity index (χ1v) is 6.20. The third kappa shape index (κ3) is 3.04. The minimum atomic E-state index is -0.483. The summed E-state index contributed by atoms with van der Waals surface area (Å²) in [7, 11) is 1.31. The number of carbonyl (C=O) groups is 1. The van der Waals surface area contributed by atoms with Crippen LogP contribution in [0.4, 0.5) is 5.82 Å². The first-order valence-electron chi connectivity index (χ1n) is 5.38. The second-order valence-corrected chi connectivity index (χ2v) is 5.02. The van der Waals surface area contributed by atoms with Gasteiger partial charge < -0.3 is 10.1 Å². The average molecular weight is 263 g/mol. The van der Waals surface area contributed by atoms with Gasteiger partial charge in [0.25, 0.3) is 0 Å². The summed E-state index contributed by atoms with van der Waals surface area (Å²) in [6, 6.07) is 4.15. The van der Waals surface area contributed by atoms with Gasteiger partial charge in [-0.15, -0.1) is 11.3 Å². The lowest BCUT2D eigenvalue weighted by atomic mass is 10.4. The van der Waals surface area contributed by atoms with Gasteiger partial charge in [0.2, 0.25) is 0 Å². The molecule has 0 saturated carbocycles. The van der Waals surface area contributed by atoms with Crippen LogP contribution in [-0.2, 0) is 11.3 Å². The maximum Gasteiger partial charge on any atom is 0.358 e. The van der Waals surface area contributed by atoms with Crippen LogP contribution in [0.15, 0.2) is 24.5 Å². The second-order valence-electron chi connectivity index (χ2n) is 3.64. The highest BCUT2D eigenvalue weighted by Gasteiger charge is 2.07. The molecule has 0 amide bonds. The molecule has 6 heteroatoms. The molecule has 1 N–H and O–H groups in total. The summed E-state index contributed by atoms with van der Waals surface area (Å²) in [5.41, 5.74) is 0.204. The standard InChI is InChI=1S/C12H13N3O2S/c1-8-3-4-9(18-8)5-14-11-7-13-10(6-15-11)12(16)17-2/h3-4,6-7H,5H2,1-2H3,(H,14,15). The SMILES string of the molecule is COC(=O)c1cnc(NCc2ccc(C)s2)cn1. The van der Waals surface area contributed by atoms with Crippen molar-refractivity contribution in [2.75, 3.05) is 12.4 Å². The zero-order chi connectivity index (χ0) is 13.0. The van der Waals surface area contributed by atoms with E-state index < -0.39 is 5.97 Å². The van der Waals surface area contributed by atoms with Crippen LogP contribution < -0.4 is 5.32 Å². The average Bonchev–Trinajstić information content (AvgIpc) is 2.82. The lowest BCUT2D eigenvalue weighted by molar-refractivity contribution is 0.0593. The maximum atomic E-state index is 11.2. The van der Waals surface area contributed by atoms with Gasteiger partial charge in [0.1, 0.15) is 5.82 Å². The second kappa shape index (κ2) is 5.59. The summed E-state index contributed by atoms with van der Waals surface area (Å²) in [6.07, 6.45) is 2.92. The summed E-state index contributed by atoms with van der Waals surface area (Å²) >= 11 is 1.73. The van der Waals surface area contributed by atoms with Crippen molar-refractivity contribution in [1.29, 1.82) is 0 Å². The molecule has 0 aromatic carbocycles. The smallest absolute Gasteiger partial charge is 0.358 e. The summed E-state index contributed by atoms with van der Waals surface area (Å²) in [5, 5.41) is 3.14. The molecular formula is C12H13N3O2S. The molecule has 94 valence electrons. The van der Waals surface area contributed by atoms with Gasteiger partial charge in [-0.05, 0) is 19.1 Å². The predicted octanol–water partition coefficient (Wildman–Crippen LogP) is 2.25. The number of aryl methyl sites for hydroxylation is 1. The Balaban J connectivity index is 1.96. The molecule has 0 spiro atoms. The Morgan fingerprint density at radius 2 is 2.22 bits per heavy atom. The van der Waals surface area contributed by atoms with E-state index in [9.17, 15) is 4.79 Å². The summed E-state index contributed by atoms with van der Waals surface area (Å²) in [5.74, 6) is 0.150. The van der Waals surface area contributed by atoms with Gasteiger partial charge >= 0.3 is 5.97 Å². The van der Waals surface area contributed by atoms with Crippen molar-refractivity contribution in [1.82, 2.24) is 9.97 Å². The number of thiophene rings is 1. The Morgan fingerprint density at radius 1 is 1.39 bits per heavy atom. The molecule has 5 nitrogen and oxygen atoms in total. The van der Waals surface area contributed by atoms with E-state index in [-0.39, 0.29) is 5.69 Å². The number of nitrogens with one attached hydrogen (secondary N) is 1. The number of esters is 1. The lowest BCUT2D eigenvalue weighted by Gasteiger charge is -2.03. The molecule has 2 rings (SSSR count). The number of hydrogen-bond donors (Lipinski definition) is 1. The molecule has 2 aromatic heterocycles. The normalized spacial score (nSPS) is 10.1. The zero-order valence-corrected chi connectivity index (χ0v) is 11.0. The van der Waals surface area contributed by atoms with Crippen molar-refractivity contribution in [3.05, 3.63) is 40.0 Å². The largest absolute Gasteiger partial charge is 0.464 e. The monoisotopic (exact) mass is 263 g/mol. The van der Waals surface area contributed by atoms with E-state index in [2.05, 4.69) is 39.1 Å². The van der Waals surface area contributed by atoms with E-state index >= 15 is 0 Å². The number of methoxy groups -OCH3 is 1. The van der Waals surface area contributed by atoms with Crippen LogP contribution in [-0.4, -0.2) is 23.0 Å². The lowest BCUT2D eigenvalue weighted by Crippen LogP contribution is -2.06. The molecule has 0 saturated heterocycles. The fraction of sp³-hybridized carbons (Fsp3) is 0.250. The zero-order valence-electron chi connectivity index (χ0n) is 10.1. The van der Waals surface area contributed by atoms with Crippen molar-refractivity contribution >= 4 is 23.1 Å². The van der Waals surface area contributed by atoms with Gasteiger partial charge in [0, 0.05) is 9.75 Å². The van der Waals surface area contributed by atoms with E-state index in [0.29, 0.717) is 12.4 Å². The van der Waals surface area contributed by atoms with Gasteiger partial charge in [-0.1, -0.05) is 0 Å². The van der Waals surface area contributed by atoms with Crippen LogP contribution in [0.1, 0.15) is 20.2 Å². The highest BCUT2D eigenvalue weighted by molar-refractivity contribution is 7.11. The Labute approximate surface area is 109 Å². The van der Waals surface area contributed by atoms with Crippen molar-refractivity contribution in [3.63, 3.8) is 0 Å². The molecule has 0 aliphatic heterocycles. The maximum absolute atomic E-state index is 11.2. The first-order chi connectivity index (χ1) is 8.69. The Hall–Kier alpha value is -1.95. The third-order valence-electron chi connectivity index (χ3n) is 2.29. The highest BCUT2D eigenvalue weighted by Crippen LogP contribution is 2.16. The minimum Gasteiger partial charge on any atom is -0.464 e. The van der Waals surface area contributed by atoms with Crippen LogP contribution in [0.2, 0.25) is 0 Å². The Morgan fingerprint density at radius 3 is 2.78 bits per heavy atom. The van der Waals surface area contributed by atoms with E-state index in [0.717, 1.165) is 0 Å². The summed E-state index contributed by atoms with van der Waals surface area (Å²) in [4.78, 5) is 21.7. The Bertz CT molecular complexity index is 537. The van der Waals surface area contributed by atoms with Gasteiger partial charge in [-0.2, -0.15) is 0 Å². The molecule has 0 bridgehead atoms. The summed E-state index contributed by atoms with van der Waals surface area (Å²) < 4.78 is 4.55. The highest BCUT2D eigenvalue weighted by atomic mass is 32.1. The Kier molecular flexibility index (Phi) is 3.88. The van der Waals surface area contributed by atoms with E-state index in [1.807, 2.05) is 0 Å². The van der Waals surface area contributed by atoms with Crippen LogP contribution in [0.25, 0.3) is 0 Å². The van der Waals surface area contributed by atoms with E-state index in [1.54, 1.807) is 11.3 Å². The first kappa shape index (κ1) is 12.5. The molecule has 0 atom stereocenters. The predicted molar refractivity (Wildman–Crippen MR) is 69.8 cm³/mol. The van der Waals surface area contributed by atoms with Crippen molar-refractivity contribution in [2.24, 2.45) is 0 Å². The van der Waals surface area contributed by atoms with Crippen molar-refractivity contribution in [2.45, 2.75) is 13.5 Å². The van der Waals surface area contributed by atoms with Crippen molar-refractivity contribution in [3.8, 4) is 0 Å². The molecule has 2 heterocycles. The fourth-order valence-electron chi connectivity index (χ4n) is 1.39. The number of nitrogens with zero attached hydrogens (tertiary/aromatic N) is 2. The van der Waals surface area contributed by atoms with Gasteiger partial charge in [-0.3, -0.25) is 0 Å². The molecule has 0 fully saturated rings. The molecule has 18 heavy (non-hydrogen) atoms. The third-order valence-corrected chi connectivity index (χ3v) is 3.29.